The number of nitrogens with two attached hydrogens (primary N) is 1. The second-order valence-corrected chi connectivity index (χ2v) is 6.30. The van der Waals surface area contributed by atoms with Gasteiger partial charge >= 0.3 is 11.8 Å². The molecule has 0 aliphatic rings. The van der Waals surface area contributed by atoms with Crippen LogP contribution in [0.1, 0.15) is 16.7 Å². The number of anilines is 1. The van der Waals surface area contributed by atoms with E-state index in [2.05, 4.69) is 15.8 Å². The van der Waals surface area contributed by atoms with Crippen molar-refractivity contribution < 1.29 is 19.1 Å². The smallest absolute Gasteiger partial charge is 0.329 e. The van der Waals surface area contributed by atoms with E-state index in [9.17, 15) is 14.4 Å². The first-order valence-electron chi connectivity index (χ1n) is 8.18. The Kier molecular flexibility index (Phi) is 7.11. The Morgan fingerprint density at radius 2 is 1.86 bits per heavy atom. The van der Waals surface area contributed by atoms with Crippen LogP contribution in [0.3, 0.4) is 0 Å². The van der Waals surface area contributed by atoms with Gasteiger partial charge in [0.25, 0.3) is 5.91 Å². The summed E-state index contributed by atoms with van der Waals surface area (Å²) in [6.07, 6.45) is 1.31. The molecule has 0 aliphatic heterocycles. The van der Waals surface area contributed by atoms with Crippen LogP contribution in [0.25, 0.3) is 0 Å². The molecule has 0 heterocycles. The first-order valence-corrected chi connectivity index (χ1v) is 8.56. The lowest BCUT2D eigenvalue weighted by Crippen LogP contribution is -2.32. The number of hydrogen-bond donors (Lipinski definition) is 3. The minimum absolute atomic E-state index is 0.240. The fraction of sp³-hybridized carbons (Fsp3) is 0.158. The first-order chi connectivity index (χ1) is 13.3. The van der Waals surface area contributed by atoms with Crippen molar-refractivity contribution in [2.45, 2.75) is 13.8 Å². The molecule has 146 valence electrons. The summed E-state index contributed by atoms with van der Waals surface area (Å²) in [4.78, 5) is 34.5. The predicted molar refractivity (Wildman–Crippen MR) is 106 cm³/mol. The van der Waals surface area contributed by atoms with E-state index in [4.69, 9.17) is 22.1 Å². The summed E-state index contributed by atoms with van der Waals surface area (Å²) in [5, 5.41) is 6.46. The molecule has 2 aromatic carbocycles. The van der Waals surface area contributed by atoms with Gasteiger partial charge in [-0.15, -0.1) is 0 Å². The third-order valence-corrected chi connectivity index (χ3v) is 3.97. The third-order valence-electron chi connectivity index (χ3n) is 3.68. The Morgan fingerprint density at radius 3 is 2.50 bits per heavy atom. The second kappa shape index (κ2) is 9.52. The van der Waals surface area contributed by atoms with Crippen LogP contribution in [0.4, 0.5) is 5.69 Å². The van der Waals surface area contributed by atoms with Gasteiger partial charge in [0.15, 0.2) is 6.61 Å². The summed E-state index contributed by atoms with van der Waals surface area (Å²) in [6, 6.07) is 9.98. The molecule has 8 nitrogen and oxygen atoms in total. The van der Waals surface area contributed by atoms with Crippen LogP contribution in [0.15, 0.2) is 41.5 Å². The van der Waals surface area contributed by atoms with Crippen LogP contribution in [0.2, 0.25) is 5.02 Å². The minimum atomic E-state index is -0.915. The minimum Gasteiger partial charge on any atom is -0.482 e. The Labute approximate surface area is 166 Å². The molecule has 0 radical (unpaired) electrons. The summed E-state index contributed by atoms with van der Waals surface area (Å²) in [5.41, 5.74) is 10.3. The molecular weight excluding hydrogens is 384 g/mol. The van der Waals surface area contributed by atoms with Crippen molar-refractivity contribution in [3.8, 4) is 5.75 Å². The Hall–Kier alpha value is -3.39. The van der Waals surface area contributed by atoms with Crippen LogP contribution >= 0.6 is 11.6 Å². The van der Waals surface area contributed by atoms with Gasteiger partial charge in [-0.3, -0.25) is 14.4 Å². The highest BCUT2D eigenvalue weighted by molar-refractivity contribution is 6.39. The number of amides is 3. The summed E-state index contributed by atoms with van der Waals surface area (Å²) in [7, 11) is 0. The lowest BCUT2D eigenvalue weighted by atomic mass is 10.1. The zero-order chi connectivity index (χ0) is 20.7. The van der Waals surface area contributed by atoms with E-state index in [-0.39, 0.29) is 17.4 Å². The second-order valence-electron chi connectivity index (χ2n) is 5.90. The molecule has 0 atom stereocenters. The van der Waals surface area contributed by atoms with Gasteiger partial charge in [-0.1, -0.05) is 17.7 Å². The van der Waals surface area contributed by atoms with E-state index in [0.29, 0.717) is 11.3 Å². The largest absolute Gasteiger partial charge is 0.482 e. The molecule has 28 heavy (non-hydrogen) atoms. The van der Waals surface area contributed by atoms with Gasteiger partial charge in [0.1, 0.15) is 5.75 Å². The lowest BCUT2D eigenvalue weighted by Gasteiger charge is -2.07. The van der Waals surface area contributed by atoms with Crippen molar-refractivity contribution in [2.24, 2.45) is 10.8 Å². The number of hydrogen-bond acceptors (Lipinski definition) is 5. The molecule has 0 aromatic heterocycles. The van der Waals surface area contributed by atoms with Crippen molar-refractivity contribution in [3.05, 3.63) is 58.1 Å². The molecule has 0 saturated carbocycles. The number of nitrogens with zero attached hydrogens (tertiary/aromatic N) is 1. The van der Waals surface area contributed by atoms with Crippen molar-refractivity contribution in [1.29, 1.82) is 0 Å². The van der Waals surface area contributed by atoms with Gasteiger partial charge in [0, 0.05) is 5.69 Å². The zero-order valence-electron chi connectivity index (χ0n) is 15.3. The van der Waals surface area contributed by atoms with Crippen molar-refractivity contribution in [1.82, 2.24) is 5.43 Å². The molecular formula is C19H19ClN4O4. The monoisotopic (exact) mass is 402 g/mol. The fourth-order valence-electron chi connectivity index (χ4n) is 2.09. The van der Waals surface area contributed by atoms with Crippen LogP contribution in [-0.4, -0.2) is 30.5 Å². The number of rotatable bonds is 6. The maximum absolute atomic E-state index is 11.9. The number of primary amides is 1. The van der Waals surface area contributed by atoms with E-state index in [1.807, 2.05) is 19.9 Å². The van der Waals surface area contributed by atoms with Crippen molar-refractivity contribution >= 4 is 41.2 Å². The van der Waals surface area contributed by atoms with Crippen LogP contribution in [-0.2, 0) is 14.4 Å². The number of ether oxygens (including phenoxy) is 1. The van der Waals surface area contributed by atoms with E-state index in [0.717, 1.165) is 11.1 Å². The molecule has 2 aromatic rings. The van der Waals surface area contributed by atoms with Gasteiger partial charge in [-0.05, 0) is 60.9 Å². The first kappa shape index (κ1) is 20.9. The zero-order valence-corrected chi connectivity index (χ0v) is 16.0. The van der Waals surface area contributed by atoms with E-state index in [1.54, 1.807) is 18.2 Å². The summed E-state index contributed by atoms with van der Waals surface area (Å²) < 4.78 is 5.13. The fourth-order valence-corrected chi connectivity index (χ4v) is 2.33. The highest BCUT2D eigenvalue weighted by Crippen LogP contribution is 2.24. The Balaban J connectivity index is 1.91. The van der Waals surface area contributed by atoms with E-state index >= 15 is 0 Å². The normalized spacial score (nSPS) is 10.5. The lowest BCUT2D eigenvalue weighted by molar-refractivity contribution is -0.136. The van der Waals surface area contributed by atoms with Crippen molar-refractivity contribution in [2.75, 3.05) is 11.9 Å². The molecule has 3 amide bonds. The molecule has 0 saturated heterocycles. The van der Waals surface area contributed by atoms with E-state index < -0.39 is 17.7 Å². The highest BCUT2D eigenvalue weighted by atomic mass is 35.5. The molecule has 9 heteroatoms. The van der Waals surface area contributed by atoms with Crippen LogP contribution < -0.4 is 21.2 Å². The number of aryl methyl sites for hydroxylation is 2. The van der Waals surface area contributed by atoms with Crippen LogP contribution in [0, 0.1) is 13.8 Å². The van der Waals surface area contributed by atoms with E-state index in [1.165, 1.54) is 18.3 Å². The summed E-state index contributed by atoms with van der Waals surface area (Å²) in [6.45, 7) is 3.56. The number of halogens is 1. The highest BCUT2D eigenvalue weighted by Gasteiger charge is 2.13. The molecule has 4 N–H and O–H groups in total. The number of hydrazone groups is 1. The van der Waals surface area contributed by atoms with Crippen molar-refractivity contribution in [3.63, 3.8) is 0 Å². The molecule has 0 bridgehead atoms. The van der Waals surface area contributed by atoms with Gasteiger partial charge in [0.2, 0.25) is 0 Å². The molecule has 0 aliphatic carbocycles. The average molecular weight is 403 g/mol. The average Bonchev–Trinajstić information content (AvgIpc) is 2.63. The standard InChI is InChI=1S/C19H19ClN4O4/c1-11-3-5-14(7-12(11)2)23-18(26)19(27)24-22-9-13-4-6-16(15(20)8-13)28-10-17(21)25/h3-9H,10H2,1-2H3,(H2,21,25)(H,23,26)(H,24,27)/b22-9-. The van der Waals surface area contributed by atoms with Gasteiger partial charge in [-0.25, -0.2) is 5.43 Å². The van der Waals surface area contributed by atoms with Crippen LogP contribution in [0.5, 0.6) is 5.75 Å². The number of benzene rings is 2. The third kappa shape index (κ3) is 6.10. The Bertz CT molecular complexity index is 944. The summed E-state index contributed by atoms with van der Waals surface area (Å²) >= 11 is 6.03. The Morgan fingerprint density at radius 1 is 1.11 bits per heavy atom. The topological polar surface area (TPSA) is 123 Å². The maximum atomic E-state index is 11.9. The maximum Gasteiger partial charge on any atom is 0.329 e. The molecule has 2 rings (SSSR count). The molecule has 0 spiro atoms. The summed E-state index contributed by atoms with van der Waals surface area (Å²) in [5.74, 6) is -2.09. The van der Waals surface area contributed by atoms with Gasteiger partial charge in [0.05, 0.1) is 11.2 Å². The van der Waals surface area contributed by atoms with Gasteiger partial charge < -0.3 is 15.8 Å². The molecule has 0 unspecified atom stereocenters. The number of carbonyl (C=O) groups is 3. The van der Waals surface area contributed by atoms with Gasteiger partial charge in [-0.2, -0.15) is 5.10 Å². The quantitative estimate of drug-likeness (QED) is 0.388. The number of carbonyl (C=O) groups excluding carboxylic acids is 3. The predicted octanol–water partition coefficient (Wildman–Crippen LogP) is 1.91. The number of nitrogens with one attached hydrogen (secondary N) is 2. The SMILES string of the molecule is Cc1ccc(NC(=O)C(=O)N/N=C\c2ccc(OCC(N)=O)c(Cl)c2)cc1C. The molecule has 0 fully saturated rings.